The Morgan fingerprint density at radius 3 is 2.76 bits per heavy atom. The Morgan fingerprint density at radius 2 is 2.19 bits per heavy atom. The zero-order valence-electron chi connectivity index (χ0n) is 12.5. The van der Waals surface area contributed by atoms with Crippen molar-refractivity contribution < 1.29 is 8.42 Å². The van der Waals surface area contributed by atoms with Crippen LogP contribution < -0.4 is 10.0 Å². The molecule has 5 nitrogen and oxygen atoms in total. The van der Waals surface area contributed by atoms with Crippen molar-refractivity contribution in [1.29, 1.82) is 0 Å². The Labute approximate surface area is 131 Å². The summed E-state index contributed by atoms with van der Waals surface area (Å²) in [5.41, 5.74) is 0.985. The van der Waals surface area contributed by atoms with Crippen LogP contribution in [0.2, 0.25) is 0 Å². The van der Waals surface area contributed by atoms with Crippen molar-refractivity contribution in [3.05, 3.63) is 23.9 Å². The minimum absolute atomic E-state index is 0.0377. The Kier molecular flexibility index (Phi) is 6.04. The van der Waals surface area contributed by atoms with Crippen molar-refractivity contribution in [1.82, 2.24) is 15.0 Å². The van der Waals surface area contributed by atoms with Gasteiger partial charge in [-0.15, -0.1) is 0 Å². The summed E-state index contributed by atoms with van der Waals surface area (Å²) in [6.07, 6.45) is 6.58. The van der Waals surface area contributed by atoms with Gasteiger partial charge in [-0.1, -0.05) is 13.0 Å². The number of nitrogens with one attached hydrogen (secondary N) is 2. The van der Waals surface area contributed by atoms with Gasteiger partial charge in [0.05, 0.1) is 0 Å². The highest BCUT2D eigenvalue weighted by atomic mass is 32.2. The molecule has 2 unspecified atom stereocenters. The van der Waals surface area contributed by atoms with Crippen molar-refractivity contribution in [2.45, 2.75) is 49.0 Å². The number of pyridine rings is 1. The normalized spacial score (nSPS) is 22.6. The van der Waals surface area contributed by atoms with Crippen LogP contribution in [0.25, 0.3) is 0 Å². The summed E-state index contributed by atoms with van der Waals surface area (Å²) in [6.45, 7) is 3.61. The molecule has 0 bridgehead atoms. The largest absolute Gasteiger partial charge is 0.313 e. The fourth-order valence-corrected chi connectivity index (χ4v) is 4.49. The Morgan fingerprint density at radius 1 is 1.38 bits per heavy atom. The number of rotatable bonds is 7. The Bertz CT molecular complexity index is 546. The van der Waals surface area contributed by atoms with E-state index in [9.17, 15) is 8.42 Å². The lowest BCUT2D eigenvalue weighted by Gasteiger charge is -2.13. The molecular weight excluding hydrogens is 306 g/mol. The summed E-state index contributed by atoms with van der Waals surface area (Å²) < 4.78 is 27.4. The van der Waals surface area contributed by atoms with Gasteiger partial charge in [-0.2, -0.15) is 11.8 Å². The van der Waals surface area contributed by atoms with Gasteiger partial charge in [0.1, 0.15) is 0 Å². The van der Waals surface area contributed by atoms with Crippen LogP contribution in [0.3, 0.4) is 0 Å². The predicted octanol–water partition coefficient (Wildman–Crippen LogP) is 1.75. The van der Waals surface area contributed by atoms with Crippen LogP contribution in [0.1, 0.15) is 31.7 Å². The van der Waals surface area contributed by atoms with Crippen molar-refractivity contribution in [2.75, 3.05) is 12.8 Å². The Balaban J connectivity index is 1.99. The summed E-state index contributed by atoms with van der Waals surface area (Å²) in [6, 6.07) is 3.43. The van der Waals surface area contributed by atoms with Crippen molar-refractivity contribution in [3.8, 4) is 0 Å². The van der Waals surface area contributed by atoms with E-state index in [0.717, 1.165) is 31.4 Å². The summed E-state index contributed by atoms with van der Waals surface area (Å²) in [5.74, 6) is 0. The smallest absolute Gasteiger partial charge is 0.258 e. The van der Waals surface area contributed by atoms with Gasteiger partial charge in [0.15, 0.2) is 5.03 Å². The Hall–Kier alpha value is -0.630. The monoisotopic (exact) mass is 329 g/mol. The van der Waals surface area contributed by atoms with Crippen molar-refractivity contribution in [2.24, 2.45) is 0 Å². The molecule has 0 saturated heterocycles. The van der Waals surface area contributed by atoms with E-state index in [1.807, 2.05) is 24.8 Å². The fourth-order valence-electron chi connectivity index (χ4n) is 2.48. The highest BCUT2D eigenvalue weighted by Gasteiger charge is 2.28. The molecule has 1 saturated carbocycles. The third-order valence-electron chi connectivity index (χ3n) is 3.69. The number of thioether (sulfide) groups is 1. The third kappa shape index (κ3) is 4.67. The average Bonchev–Trinajstić information content (AvgIpc) is 2.92. The summed E-state index contributed by atoms with van der Waals surface area (Å²) in [7, 11) is -3.50. The molecule has 1 heterocycles. The first kappa shape index (κ1) is 16.7. The van der Waals surface area contributed by atoms with Gasteiger partial charge in [0.25, 0.3) is 10.0 Å². The summed E-state index contributed by atoms with van der Waals surface area (Å²) in [5, 5.41) is 3.86. The topological polar surface area (TPSA) is 71.1 Å². The van der Waals surface area contributed by atoms with Gasteiger partial charge in [0.2, 0.25) is 0 Å². The molecular formula is C14H23N3O2S2. The average molecular weight is 329 g/mol. The minimum atomic E-state index is -3.50. The summed E-state index contributed by atoms with van der Waals surface area (Å²) in [4.78, 5) is 4.09. The van der Waals surface area contributed by atoms with E-state index < -0.39 is 10.0 Å². The highest BCUT2D eigenvalue weighted by Crippen LogP contribution is 2.28. The zero-order chi connectivity index (χ0) is 15.3. The first-order valence-electron chi connectivity index (χ1n) is 7.26. The molecule has 0 aliphatic heterocycles. The second-order valence-corrected chi connectivity index (χ2v) is 8.07. The molecule has 0 aromatic carbocycles. The van der Waals surface area contributed by atoms with E-state index in [-0.39, 0.29) is 11.1 Å². The van der Waals surface area contributed by atoms with Gasteiger partial charge in [-0.05, 0) is 43.7 Å². The lowest BCUT2D eigenvalue weighted by molar-refractivity contribution is 0.549. The van der Waals surface area contributed by atoms with Crippen LogP contribution in [0.5, 0.6) is 0 Å². The van der Waals surface area contributed by atoms with Crippen molar-refractivity contribution in [3.63, 3.8) is 0 Å². The molecule has 21 heavy (non-hydrogen) atoms. The SMILES string of the molecule is CCNCc1ccc(S(=O)(=O)NC2CCC(SC)C2)nc1. The fraction of sp³-hybridized carbons (Fsp3) is 0.643. The van der Waals surface area contributed by atoms with E-state index >= 15 is 0 Å². The number of hydrogen-bond acceptors (Lipinski definition) is 5. The summed E-state index contributed by atoms with van der Waals surface area (Å²) >= 11 is 1.81. The van der Waals surface area contributed by atoms with Gasteiger partial charge >= 0.3 is 0 Å². The zero-order valence-corrected chi connectivity index (χ0v) is 14.1. The van der Waals surface area contributed by atoms with E-state index in [2.05, 4.69) is 21.3 Å². The molecule has 118 valence electrons. The first-order valence-corrected chi connectivity index (χ1v) is 10.0. The van der Waals surface area contributed by atoms with Crippen LogP contribution in [-0.4, -0.2) is 37.5 Å². The van der Waals surface area contributed by atoms with Crippen LogP contribution in [0.4, 0.5) is 0 Å². The molecule has 7 heteroatoms. The predicted molar refractivity (Wildman–Crippen MR) is 86.9 cm³/mol. The van der Waals surface area contributed by atoms with Gasteiger partial charge in [-0.3, -0.25) is 0 Å². The van der Waals surface area contributed by atoms with E-state index in [0.29, 0.717) is 11.8 Å². The highest BCUT2D eigenvalue weighted by molar-refractivity contribution is 7.99. The number of nitrogens with zero attached hydrogens (tertiary/aromatic N) is 1. The number of sulfonamides is 1. The van der Waals surface area contributed by atoms with E-state index in [1.54, 1.807) is 12.3 Å². The number of aromatic nitrogens is 1. The molecule has 1 aliphatic carbocycles. The molecule has 0 amide bonds. The maximum Gasteiger partial charge on any atom is 0.258 e. The van der Waals surface area contributed by atoms with Gasteiger partial charge in [0, 0.05) is 24.0 Å². The lowest BCUT2D eigenvalue weighted by Crippen LogP contribution is -2.33. The van der Waals surface area contributed by atoms with Crippen LogP contribution in [0.15, 0.2) is 23.4 Å². The lowest BCUT2D eigenvalue weighted by atomic mass is 10.3. The molecule has 2 atom stereocenters. The van der Waals surface area contributed by atoms with Crippen LogP contribution in [-0.2, 0) is 16.6 Å². The molecule has 0 radical (unpaired) electrons. The van der Waals surface area contributed by atoms with Gasteiger partial charge < -0.3 is 5.32 Å². The van der Waals surface area contributed by atoms with Crippen LogP contribution in [0, 0.1) is 0 Å². The molecule has 1 aromatic rings. The molecule has 1 fully saturated rings. The van der Waals surface area contributed by atoms with E-state index in [1.165, 1.54) is 0 Å². The van der Waals surface area contributed by atoms with E-state index in [4.69, 9.17) is 0 Å². The second-order valence-electron chi connectivity index (χ2n) is 5.27. The second kappa shape index (κ2) is 7.58. The third-order valence-corrected chi connectivity index (χ3v) is 6.22. The first-order chi connectivity index (χ1) is 10.0. The number of hydrogen-bond donors (Lipinski definition) is 2. The van der Waals surface area contributed by atoms with Crippen molar-refractivity contribution >= 4 is 21.8 Å². The molecule has 1 aliphatic rings. The van der Waals surface area contributed by atoms with Crippen LogP contribution >= 0.6 is 11.8 Å². The maximum atomic E-state index is 12.3. The standard InChI is InChI=1S/C14H23N3O2S2/c1-3-15-9-11-4-7-14(16-10-11)21(18,19)17-12-5-6-13(8-12)20-2/h4,7,10,12-13,15,17H,3,5-6,8-9H2,1-2H3. The van der Waals surface area contributed by atoms with Gasteiger partial charge in [-0.25, -0.2) is 18.1 Å². The minimum Gasteiger partial charge on any atom is -0.313 e. The molecule has 1 aromatic heterocycles. The maximum absolute atomic E-state index is 12.3. The molecule has 2 N–H and O–H groups in total. The molecule has 2 rings (SSSR count). The molecule has 0 spiro atoms. The quantitative estimate of drug-likeness (QED) is 0.797.